The van der Waals surface area contributed by atoms with Crippen molar-refractivity contribution in [1.82, 2.24) is 10.2 Å². The largest absolute Gasteiger partial charge is 0.308 e. The average molecular weight is 261 g/mol. The van der Waals surface area contributed by atoms with Crippen molar-refractivity contribution < 1.29 is 0 Å². The van der Waals surface area contributed by atoms with Gasteiger partial charge in [-0.05, 0) is 26.1 Å². The maximum Gasteiger partial charge on any atom is 0.0516 e. The number of hydrogen-bond donors (Lipinski definition) is 1. The second-order valence-electron chi connectivity index (χ2n) is 4.72. The molecule has 0 aliphatic heterocycles. The molecule has 0 aromatic carbocycles. The number of nitrogens with zero attached hydrogens (tertiary/aromatic N) is 1. The first-order chi connectivity index (χ1) is 7.49. The number of likely N-dealkylation sites (N-methyl/N-ethyl adjacent to an activating group) is 1. The number of thiophene rings is 1. The summed E-state index contributed by atoms with van der Waals surface area (Å²) < 4.78 is 0. The number of hydrogen-bond acceptors (Lipinski definition) is 3. The van der Waals surface area contributed by atoms with Crippen molar-refractivity contribution in [3.8, 4) is 0 Å². The molecule has 1 aromatic rings. The van der Waals surface area contributed by atoms with E-state index in [0.29, 0.717) is 12.0 Å². The smallest absolute Gasteiger partial charge is 0.0516 e. The minimum absolute atomic E-state index is 0.524. The summed E-state index contributed by atoms with van der Waals surface area (Å²) in [5.41, 5.74) is 0. The standard InChI is InChI=1S/C12H21ClN2S/c1-9(2)12(7-15(3)4)14-6-11-5-10(13)8-16-11/h5,8-9,12,14H,6-7H2,1-4H3. The van der Waals surface area contributed by atoms with Gasteiger partial charge in [0.05, 0.1) is 5.02 Å². The molecule has 1 rings (SSSR count). The van der Waals surface area contributed by atoms with Gasteiger partial charge >= 0.3 is 0 Å². The molecule has 0 fully saturated rings. The van der Waals surface area contributed by atoms with Crippen LogP contribution in [0.25, 0.3) is 0 Å². The minimum atomic E-state index is 0.524. The van der Waals surface area contributed by atoms with Gasteiger partial charge in [-0.2, -0.15) is 0 Å². The molecule has 1 unspecified atom stereocenters. The monoisotopic (exact) mass is 260 g/mol. The Labute approximate surface area is 108 Å². The van der Waals surface area contributed by atoms with Gasteiger partial charge in [0.15, 0.2) is 0 Å². The van der Waals surface area contributed by atoms with Crippen LogP contribution in [-0.4, -0.2) is 31.6 Å². The number of nitrogens with one attached hydrogen (secondary N) is 1. The summed E-state index contributed by atoms with van der Waals surface area (Å²) in [6, 6.07) is 2.56. The molecule has 4 heteroatoms. The molecule has 0 saturated heterocycles. The summed E-state index contributed by atoms with van der Waals surface area (Å²) in [5.74, 6) is 0.637. The fourth-order valence-corrected chi connectivity index (χ4v) is 2.61. The molecule has 1 N–H and O–H groups in total. The topological polar surface area (TPSA) is 15.3 Å². The van der Waals surface area contributed by atoms with E-state index in [1.807, 2.05) is 11.4 Å². The van der Waals surface area contributed by atoms with Crippen LogP contribution in [0.3, 0.4) is 0 Å². The van der Waals surface area contributed by atoms with Crippen molar-refractivity contribution in [3.63, 3.8) is 0 Å². The summed E-state index contributed by atoms with van der Waals surface area (Å²) in [6.07, 6.45) is 0. The highest BCUT2D eigenvalue weighted by atomic mass is 35.5. The molecule has 1 heterocycles. The van der Waals surface area contributed by atoms with Gasteiger partial charge in [-0.3, -0.25) is 0 Å². The van der Waals surface area contributed by atoms with E-state index in [-0.39, 0.29) is 0 Å². The maximum absolute atomic E-state index is 5.90. The summed E-state index contributed by atoms with van der Waals surface area (Å²) >= 11 is 7.61. The zero-order valence-corrected chi connectivity index (χ0v) is 12.0. The lowest BCUT2D eigenvalue weighted by molar-refractivity contribution is 0.288. The predicted octanol–water partition coefficient (Wildman–Crippen LogP) is 3.08. The van der Waals surface area contributed by atoms with E-state index >= 15 is 0 Å². The van der Waals surface area contributed by atoms with Gasteiger partial charge in [-0.15, -0.1) is 11.3 Å². The van der Waals surface area contributed by atoms with Crippen LogP contribution in [0.15, 0.2) is 11.4 Å². The van der Waals surface area contributed by atoms with Gasteiger partial charge in [0.2, 0.25) is 0 Å². The number of rotatable bonds is 6. The van der Waals surface area contributed by atoms with Gasteiger partial charge < -0.3 is 10.2 Å². The van der Waals surface area contributed by atoms with Crippen molar-refractivity contribution in [1.29, 1.82) is 0 Å². The van der Waals surface area contributed by atoms with Crippen LogP contribution in [0.1, 0.15) is 18.7 Å². The molecule has 0 spiro atoms. The van der Waals surface area contributed by atoms with E-state index in [4.69, 9.17) is 11.6 Å². The van der Waals surface area contributed by atoms with E-state index in [1.165, 1.54) is 4.88 Å². The third kappa shape index (κ3) is 4.83. The summed E-state index contributed by atoms with van der Waals surface area (Å²) in [7, 11) is 4.22. The maximum atomic E-state index is 5.90. The molecule has 0 bridgehead atoms. The van der Waals surface area contributed by atoms with Crippen LogP contribution < -0.4 is 5.32 Å². The third-order valence-electron chi connectivity index (χ3n) is 2.53. The van der Waals surface area contributed by atoms with Crippen LogP contribution in [-0.2, 0) is 6.54 Å². The normalized spacial score (nSPS) is 13.7. The van der Waals surface area contributed by atoms with Crippen molar-refractivity contribution in [2.45, 2.75) is 26.4 Å². The van der Waals surface area contributed by atoms with Crippen LogP contribution in [0.4, 0.5) is 0 Å². The van der Waals surface area contributed by atoms with E-state index in [9.17, 15) is 0 Å². The zero-order chi connectivity index (χ0) is 12.1. The Balaban J connectivity index is 2.43. The first-order valence-electron chi connectivity index (χ1n) is 5.60. The lowest BCUT2D eigenvalue weighted by atomic mass is 10.0. The molecule has 16 heavy (non-hydrogen) atoms. The molecule has 1 aromatic heterocycles. The van der Waals surface area contributed by atoms with Crippen molar-refractivity contribution in [2.75, 3.05) is 20.6 Å². The summed E-state index contributed by atoms with van der Waals surface area (Å²) in [4.78, 5) is 3.52. The van der Waals surface area contributed by atoms with Crippen LogP contribution in [0.5, 0.6) is 0 Å². The minimum Gasteiger partial charge on any atom is -0.308 e. The highest BCUT2D eigenvalue weighted by Gasteiger charge is 2.13. The summed E-state index contributed by atoms with van der Waals surface area (Å²) in [5, 5.41) is 6.41. The Morgan fingerprint density at radius 2 is 2.12 bits per heavy atom. The lowest BCUT2D eigenvalue weighted by Gasteiger charge is -2.25. The van der Waals surface area contributed by atoms with Gasteiger partial charge in [-0.25, -0.2) is 0 Å². The average Bonchev–Trinajstić information content (AvgIpc) is 2.58. The van der Waals surface area contributed by atoms with E-state index < -0.39 is 0 Å². The fraction of sp³-hybridized carbons (Fsp3) is 0.667. The fourth-order valence-electron chi connectivity index (χ4n) is 1.58. The van der Waals surface area contributed by atoms with Crippen molar-refractivity contribution in [3.05, 3.63) is 21.3 Å². The predicted molar refractivity (Wildman–Crippen MR) is 73.3 cm³/mol. The van der Waals surface area contributed by atoms with Gasteiger partial charge in [0.1, 0.15) is 0 Å². The zero-order valence-electron chi connectivity index (χ0n) is 10.5. The molecule has 1 atom stereocenters. The Morgan fingerprint density at radius 3 is 2.56 bits per heavy atom. The summed E-state index contributed by atoms with van der Waals surface area (Å²) in [6.45, 7) is 6.48. The number of halogens is 1. The Morgan fingerprint density at radius 1 is 1.44 bits per heavy atom. The molecular weight excluding hydrogens is 240 g/mol. The molecule has 0 radical (unpaired) electrons. The molecule has 92 valence electrons. The molecule has 0 aliphatic rings. The molecule has 0 aliphatic carbocycles. The van der Waals surface area contributed by atoms with Crippen LogP contribution in [0.2, 0.25) is 5.02 Å². The second kappa shape index (κ2) is 6.60. The van der Waals surface area contributed by atoms with E-state index in [0.717, 1.165) is 18.1 Å². The van der Waals surface area contributed by atoms with E-state index in [2.05, 4.69) is 38.2 Å². The highest BCUT2D eigenvalue weighted by molar-refractivity contribution is 7.10. The van der Waals surface area contributed by atoms with Gasteiger partial charge in [-0.1, -0.05) is 25.4 Å². The van der Waals surface area contributed by atoms with Gasteiger partial charge in [0.25, 0.3) is 0 Å². The molecule has 0 saturated carbocycles. The van der Waals surface area contributed by atoms with Crippen molar-refractivity contribution >= 4 is 22.9 Å². The van der Waals surface area contributed by atoms with E-state index in [1.54, 1.807) is 11.3 Å². The Hall–Kier alpha value is -0.0900. The second-order valence-corrected chi connectivity index (χ2v) is 6.16. The highest BCUT2D eigenvalue weighted by Crippen LogP contribution is 2.19. The third-order valence-corrected chi connectivity index (χ3v) is 3.81. The molecular formula is C12H21ClN2S. The SMILES string of the molecule is CC(C)C(CN(C)C)NCc1cc(Cl)cs1. The van der Waals surface area contributed by atoms with Gasteiger partial charge in [0, 0.05) is 29.4 Å². The van der Waals surface area contributed by atoms with Crippen LogP contribution in [0, 0.1) is 5.92 Å². The molecule has 2 nitrogen and oxygen atoms in total. The lowest BCUT2D eigenvalue weighted by Crippen LogP contribution is -2.41. The quantitative estimate of drug-likeness (QED) is 0.846. The van der Waals surface area contributed by atoms with Crippen LogP contribution >= 0.6 is 22.9 Å². The van der Waals surface area contributed by atoms with Crippen molar-refractivity contribution in [2.24, 2.45) is 5.92 Å². The first kappa shape index (κ1) is 14.0. The first-order valence-corrected chi connectivity index (χ1v) is 6.86. The Kier molecular flexibility index (Phi) is 5.76. The Bertz CT molecular complexity index is 310. The molecule has 0 amide bonds.